The molecule has 2 aromatic rings. The molecular formula is C23H30F2N4O. The summed E-state index contributed by atoms with van der Waals surface area (Å²) in [5, 5.41) is 7.61. The van der Waals surface area contributed by atoms with E-state index in [4.69, 9.17) is 4.74 Å². The Morgan fingerprint density at radius 3 is 2.73 bits per heavy atom. The average molecular weight is 417 g/mol. The third-order valence-electron chi connectivity index (χ3n) is 5.19. The highest BCUT2D eigenvalue weighted by Gasteiger charge is 2.28. The number of anilines is 1. The third kappa shape index (κ3) is 5.61. The van der Waals surface area contributed by atoms with Crippen LogP contribution < -0.4 is 10.6 Å². The Labute approximate surface area is 176 Å². The van der Waals surface area contributed by atoms with Gasteiger partial charge in [0.25, 0.3) is 0 Å². The maximum absolute atomic E-state index is 13.9. The smallest absolute Gasteiger partial charge is 0.223 e. The minimum atomic E-state index is -0.605. The van der Waals surface area contributed by atoms with Crippen LogP contribution in [0.1, 0.15) is 52.5 Å². The zero-order valence-corrected chi connectivity index (χ0v) is 18.0. The van der Waals surface area contributed by atoms with Crippen molar-refractivity contribution in [2.75, 3.05) is 12.0 Å². The SMILES string of the molecule is CC=C(F)C(=CF)c1ccc2nc(NC3CCCC3NCOC(C)(C)C)ncc2c1. The minimum absolute atomic E-state index is 0.0843. The van der Waals surface area contributed by atoms with E-state index in [2.05, 4.69) is 20.6 Å². The summed E-state index contributed by atoms with van der Waals surface area (Å²) in [4.78, 5) is 8.99. The third-order valence-corrected chi connectivity index (χ3v) is 5.19. The fourth-order valence-electron chi connectivity index (χ4n) is 3.59. The number of fused-ring (bicyclic) bond motifs is 1. The second kappa shape index (κ2) is 9.62. The summed E-state index contributed by atoms with van der Waals surface area (Å²) in [6, 6.07) is 5.62. The Bertz CT molecular complexity index is 936. The summed E-state index contributed by atoms with van der Waals surface area (Å²) in [6.45, 7) is 8.13. The molecule has 30 heavy (non-hydrogen) atoms. The quantitative estimate of drug-likeness (QED) is 0.460. The van der Waals surface area contributed by atoms with Crippen LogP contribution in [-0.4, -0.2) is 34.4 Å². The van der Waals surface area contributed by atoms with Crippen LogP contribution in [0.5, 0.6) is 0 Å². The van der Waals surface area contributed by atoms with Crippen LogP contribution >= 0.6 is 0 Å². The second-order valence-corrected chi connectivity index (χ2v) is 8.52. The van der Waals surface area contributed by atoms with Crippen LogP contribution in [0.25, 0.3) is 16.5 Å². The molecule has 1 heterocycles. The van der Waals surface area contributed by atoms with Crippen LogP contribution in [0.4, 0.5) is 14.7 Å². The molecule has 0 spiro atoms. The first-order chi connectivity index (χ1) is 14.3. The van der Waals surface area contributed by atoms with Crippen LogP contribution in [0.3, 0.4) is 0 Å². The van der Waals surface area contributed by atoms with Gasteiger partial charge in [-0.25, -0.2) is 18.7 Å². The molecule has 0 bridgehead atoms. The second-order valence-electron chi connectivity index (χ2n) is 8.52. The van der Waals surface area contributed by atoms with Crippen LogP contribution in [-0.2, 0) is 4.74 Å². The first kappa shape index (κ1) is 22.3. The van der Waals surface area contributed by atoms with Crippen molar-refractivity contribution < 1.29 is 13.5 Å². The lowest BCUT2D eigenvalue weighted by Gasteiger charge is -2.25. The summed E-state index contributed by atoms with van der Waals surface area (Å²) in [5.74, 6) is -0.0575. The standard InChI is InChI=1S/C23H30F2N4O/c1-5-18(25)17(12-24)15-9-10-19-16(11-15)13-26-22(28-19)29-21-8-6-7-20(21)27-14-30-23(2,3)4/h5,9-13,20-21,27H,6-8,14H2,1-4H3,(H,26,28,29). The predicted octanol–water partition coefficient (Wildman–Crippen LogP) is 5.51. The van der Waals surface area contributed by atoms with E-state index in [9.17, 15) is 8.78 Å². The number of allylic oxidation sites excluding steroid dienone is 3. The lowest BCUT2D eigenvalue weighted by molar-refractivity contribution is -0.0172. The highest BCUT2D eigenvalue weighted by atomic mass is 19.1. The van der Waals surface area contributed by atoms with Crippen molar-refractivity contribution in [3.8, 4) is 0 Å². The summed E-state index contributed by atoms with van der Waals surface area (Å²) in [7, 11) is 0. The molecule has 162 valence electrons. The van der Waals surface area contributed by atoms with E-state index in [-0.39, 0.29) is 29.6 Å². The number of halogens is 2. The lowest BCUT2D eigenvalue weighted by Crippen LogP contribution is -2.42. The Balaban J connectivity index is 1.70. The van der Waals surface area contributed by atoms with Crippen molar-refractivity contribution in [1.29, 1.82) is 0 Å². The molecule has 2 atom stereocenters. The average Bonchev–Trinajstić information content (AvgIpc) is 3.14. The highest BCUT2D eigenvalue weighted by molar-refractivity contribution is 5.86. The van der Waals surface area contributed by atoms with Gasteiger partial charge >= 0.3 is 0 Å². The van der Waals surface area contributed by atoms with Crippen molar-refractivity contribution in [2.24, 2.45) is 0 Å². The van der Waals surface area contributed by atoms with E-state index in [1.807, 2.05) is 20.8 Å². The molecule has 2 unspecified atom stereocenters. The minimum Gasteiger partial charge on any atom is -0.361 e. The molecule has 1 aliphatic rings. The van der Waals surface area contributed by atoms with Gasteiger partial charge in [0.05, 0.1) is 24.2 Å². The largest absolute Gasteiger partial charge is 0.361 e. The van der Waals surface area contributed by atoms with Gasteiger partial charge in [-0.15, -0.1) is 0 Å². The molecule has 1 fully saturated rings. The monoisotopic (exact) mass is 416 g/mol. The maximum Gasteiger partial charge on any atom is 0.223 e. The van der Waals surface area contributed by atoms with Gasteiger partial charge in [-0.3, -0.25) is 5.32 Å². The van der Waals surface area contributed by atoms with Crippen LogP contribution in [0.2, 0.25) is 0 Å². The topological polar surface area (TPSA) is 59.1 Å². The van der Waals surface area contributed by atoms with Crippen molar-refractivity contribution in [3.63, 3.8) is 0 Å². The van der Waals surface area contributed by atoms with Crippen molar-refractivity contribution in [2.45, 2.75) is 64.6 Å². The molecule has 1 aliphatic carbocycles. The number of hydrogen-bond donors (Lipinski definition) is 2. The zero-order valence-electron chi connectivity index (χ0n) is 18.0. The molecular weight excluding hydrogens is 386 g/mol. The molecule has 3 rings (SSSR count). The summed E-state index contributed by atoms with van der Waals surface area (Å²) in [5.41, 5.74) is 0.902. The number of rotatable bonds is 7. The maximum atomic E-state index is 13.9. The number of ether oxygens (including phenoxy) is 1. The van der Waals surface area contributed by atoms with Gasteiger partial charge in [-0.05, 0) is 64.7 Å². The molecule has 1 aromatic heterocycles. The van der Waals surface area contributed by atoms with E-state index < -0.39 is 5.83 Å². The van der Waals surface area contributed by atoms with E-state index in [1.165, 1.54) is 13.0 Å². The molecule has 1 aromatic carbocycles. The van der Waals surface area contributed by atoms with E-state index in [1.54, 1.807) is 24.4 Å². The lowest BCUT2D eigenvalue weighted by atomic mass is 10.0. The van der Waals surface area contributed by atoms with Crippen molar-refractivity contribution in [3.05, 3.63) is 48.2 Å². The molecule has 0 radical (unpaired) electrons. The highest BCUT2D eigenvalue weighted by Crippen LogP contribution is 2.28. The molecule has 5 nitrogen and oxygen atoms in total. The normalized spacial score (nSPS) is 20.7. The molecule has 7 heteroatoms. The molecule has 0 aliphatic heterocycles. The van der Waals surface area contributed by atoms with Gasteiger partial charge in [-0.2, -0.15) is 0 Å². The fourth-order valence-corrected chi connectivity index (χ4v) is 3.59. The number of hydrogen-bond acceptors (Lipinski definition) is 5. The predicted molar refractivity (Wildman–Crippen MR) is 117 cm³/mol. The van der Waals surface area contributed by atoms with Gasteiger partial charge in [0, 0.05) is 29.2 Å². The van der Waals surface area contributed by atoms with Gasteiger partial charge in [0.15, 0.2) is 0 Å². The van der Waals surface area contributed by atoms with E-state index >= 15 is 0 Å². The summed E-state index contributed by atoms with van der Waals surface area (Å²) in [6.07, 6.45) is 6.41. The molecule has 2 N–H and O–H groups in total. The Hall–Kier alpha value is -2.38. The Kier molecular flexibility index (Phi) is 7.15. The number of nitrogens with one attached hydrogen (secondary N) is 2. The van der Waals surface area contributed by atoms with Crippen LogP contribution in [0.15, 0.2) is 42.6 Å². The van der Waals surface area contributed by atoms with Crippen molar-refractivity contribution in [1.82, 2.24) is 15.3 Å². The van der Waals surface area contributed by atoms with Gasteiger partial charge in [-0.1, -0.05) is 12.1 Å². The summed E-state index contributed by atoms with van der Waals surface area (Å²) >= 11 is 0. The van der Waals surface area contributed by atoms with Gasteiger partial charge in [0.1, 0.15) is 5.83 Å². The Morgan fingerprint density at radius 1 is 1.27 bits per heavy atom. The molecule has 0 saturated heterocycles. The summed E-state index contributed by atoms with van der Waals surface area (Å²) < 4.78 is 32.8. The van der Waals surface area contributed by atoms with Crippen molar-refractivity contribution >= 4 is 22.4 Å². The van der Waals surface area contributed by atoms with E-state index in [0.29, 0.717) is 23.8 Å². The Morgan fingerprint density at radius 2 is 2.03 bits per heavy atom. The van der Waals surface area contributed by atoms with Gasteiger partial charge in [0.2, 0.25) is 5.95 Å². The van der Waals surface area contributed by atoms with Gasteiger partial charge < -0.3 is 10.1 Å². The number of benzene rings is 1. The first-order valence-electron chi connectivity index (χ1n) is 10.3. The van der Waals surface area contributed by atoms with E-state index in [0.717, 1.165) is 24.6 Å². The first-order valence-corrected chi connectivity index (χ1v) is 10.3. The fraction of sp³-hybridized carbons (Fsp3) is 0.478. The van der Waals surface area contributed by atoms with Crippen LogP contribution in [0, 0.1) is 0 Å². The number of nitrogens with zero attached hydrogens (tertiary/aromatic N) is 2. The molecule has 1 saturated carbocycles. The zero-order chi connectivity index (χ0) is 21.7. The number of aromatic nitrogens is 2. The molecule has 0 amide bonds.